The molecule has 2 aliphatic heterocycles. The molecular formula is C17H23N3O3. The zero-order valence-electron chi connectivity index (χ0n) is 13.7. The zero-order chi connectivity index (χ0) is 16.6. The van der Waals surface area contributed by atoms with Crippen LogP contribution in [0.4, 0.5) is 0 Å². The number of hydrogen-bond acceptors (Lipinski definition) is 3. The molecule has 0 radical (unpaired) electrons. The Bertz CT molecular complexity index is 697. The number of H-pyrrole nitrogens is 1. The zero-order valence-corrected chi connectivity index (χ0v) is 13.7. The fourth-order valence-electron chi connectivity index (χ4n) is 3.79. The van der Waals surface area contributed by atoms with E-state index >= 15 is 0 Å². The fourth-order valence-corrected chi connectivity index (χ4v) is 3.79. The predicted octanol–water partition coefficient (Wildman–Crippen LogP) is 1.02. The molecular weight excluding hydrogens is 294 g/mol. The number of aryl methyl sites for hydroxylation is 1. The van der Waals surface area contributed by atoms with Crippen LogP contribution in [-0.2, 0) is 11.2 Å². The van der Waals surface area contributed by atoms with Gasteiger partial charge >= 0.3 is 0 Å². The number of nitrogens with one attached hydrogen (secondary N) is 1. The van der Waals surface area contributed by atoms with Crippen molar-refractivity contribution in [1.29, 1.82) is 0 Å². The third-order valence-electron chi connectivity index (χ3n) is 5.12. The summed E-state index contributed by atoms with van der Waals surface area (Å²) in [5, 5.41) is 0. The van der Waals surface area contributed by atoms with Gasteiger partial charge in [0, 0.05) is 44.0 Å². The second kappa shape index (κ2) is 5.83. The van der Waals surface area contributed by atoms with E-state index in [2.05, 4.69) is 4.98 Å². The Morgan fingerprint density at radius 2 is 2.04 bits per heavy atom. The first-order chi connectivity index (χ1) is 10.9. The summed E-state index contributed by atoms with van der Waals surface area (Å²) in [7, 11) is 1.83. The normalized spacial score (nSPS) is 24.5. The Morgan fingerprint density at radius 3 is 2.78 bits per heavy atom. The predicted molar refractivity (Wildman–Crippen MR) is 86.3 cm³/mol. The lowest BCUT2D eigenvalue weighted by molar-refractivity contribution is -0.143. The molecule has 1 atom stereocenters. The minimum Gasteiger partial charge on any atom is -0.345 e. The molecule has 2 aliphatic rings. The molecule has 1 N–H and O–H groups in total. The van der Waals surface area contributed by atoms with Crippen LogP contribution in [0.2, 0.25) is 0 Å². The Morgan fingerprint density at radius 1 is 1.26 bits per heavy atom. The number of nitrogens with zero attached hydrogens (tertiary/aromatic N) is 2. The number of piperidine rings is 1. The lowest BCUT2D eigenvalue weighted by Crippen LogP contribution is -2.48. The van der Waals surface area contributed by atoms with Crippen molar-refractivity contribution in [2.24, 2.45) is 5.41 Å². The molecule has 0 aliphatic carbocycles. The summed E-state index contributed by atoms with van der Waals surface area (Å²) >= 11 is 0. The molecule has 1 unspecified atom stereocenters. The molecule has 23 heavy (non-hydrogen) atoms. The SMILES string of the molecule is CCc1cc(C(=O)N2CCC3(CCCN(C)C3=O)C2)cc(=O)[nH]1. The monoisotopic (exact) mass is 317 g/mol. The van der Waals surface area contributed by atoms with Gasteiger partial charge in [-0.2, -0.15) is 0 Å². The van der Waals surface area contributed by atoms with Crippen molar-refractivity contribution in [2.75, 3.05) is 26.7 Å². The Hall–Kier alpha value is -2.11. The summed E-state index contributed by atoms with van der Waals surface area (Å²) in [6, 6.07) is 3.09. The number of aromatic amines is 1. The van der Waals surface area contributed by atoms with E-state index in [1.807, 2.05) is 14.0 Å². The van der Waals surface area contributed by atoms with E-state index in [0.717, 1.165) is 25.1 Å². The number of likely N-dealkylation sites (tertiary alicyclic amines) is 2. The van der Waals surface area contributed by atoms with Crippen molar-refractivity contribution in [3.63, 3.8) is 0 Å². The first kappa shape index (κ1) is 15.8. The molecule has 1 aromatic rings. The van der Waals surface area contributed by atoms with E-state index in [1.165, 1.54) is 6.07 Å². The largest absolute Gasteiger partial charge is 0.345 e. The lowest BCUT2D eigenvalue weighted by atomic mass is 9.78. The highest BCUT2D eigenvalue weighted by atomic mass is 16.2. The third kappa shape index (κ3) is 2.78. The average molecular weight is 317 g/mol. The number of amides is 2. The molecule has 6 nitrogen and oxygen atoms in total. The Labute approximate surface area is 135 Å². The van der Waals surface area contributed by atoms with Crippen molar-refractivity contribution in [3.05, 3.63) is 33.7 Å². The summed E-state index contributed by atoms with van der Waals surface area (Å²) in [6.45, 7) is 3.76. The maximum absolute atomic E-state index is 12.7. The summed E-state index contributed by atoms with van der Waals surface area (Å²) in [5.41, 5.74) is 0.495. The number of carbonyl (C=O) groups is 2. The van der Waals surface area contributed by atoms with Gasteiger partial charge in [0.25, 0.3) is 5.91 Å². The summed E-state index contributed by atoms with van der Waals surface area (Å²) in [4.78, 5) is 43.2. The molecule has 1 aromatic heterocycles. The molecule has 0 aromatic carbocycles. The van der Waals surface area contributed by atoms with Gasteiger partial charge in [0.2, 0.25) is 11.5 Å². The quantitative estimate of drug-likeness (QED) is 0.885. The van der Waals surface area contributed by atoms with Crippen LogP contribution in [0, 0.1) is 5.41 Å². The second-order valence-electron chi connectivity index (χ2n) is 6.70. The van der Waals surface area contributed by atoms with Gasteiger partial charge < -0.3 is 14.8 Å². The number of rotatable bonds is 2. The average Bonchev–Trinajstić information content (AvgIpc) is 2.96. The van der Waals surface area contributed by atoms with Crippen molar-refractivity contribution in [3.8, 4) is 0 Å². The minimum atomic E-state index is -0.419. The number of carbonyl (C=O) groups excluding carboxylic acids is 2. The van der Waals surface area contributed by atoms with Gasteiger partial charge in [-0.25, -0.2) is 0 Å². The molecule has 2 fully saturated rings. The smallest absolute Gasteiger partial charge is 0.254 e. The number of hydrogen-bond donors (Lipinski definition) is 1. The molecule has 3 heterocycles. The number of aromatic nitrogens is 1. The maximum atomic E-state index is 12.7. The topological polar surface area (TPSA) is 73.5 Å². The van der Waals surface area contributed by atoms with E-state index in [0.29, 0.717) is 31.5 Å². The van der Waals surface area contributed by atoms with Crippen LogP contribution < -0.4 is 5.56 Å². The van der Waals surface area contributed by atoms with Gasteiger partial charge in [-0.3, -0.25) is 14.4 Å². The molecule has 0 bridgehead atoms. The Balaban J connectivity index is 1.81. The van der Waals surface area contributed by atoms with Crippen LogP contribution in [0.15, 0.2) is 16.9 Å². The second-order valence-corrected chi connectivity index (χ2v) is 6.70. The first-order valence-electron chi connectivity index (χ1n) is 8.23. The lowest BCUT2D eigenvalue weighted by Gasteiger charge is -2.37. The molecule has 2 amide bonds. The molecule has 0 saturated carbocycles. The summed E-state index contributed by atoms with van der Waals surface area (Å²) in [6.07, 6.45) is 3.21. The van der Waals surface area contributed by atoms with Crippen LogP contribution >= 0.6 is 0 Å². The Kier molecular flexibility index (Phi) is 4.00. The van der Waals surface area contributed by atoms with Gasteiger partial charge in [-0.1, -0.05) is 6.92 Å². The van der Waals surface area contributed by atoms with Crippen molar-refractivity contribution in [1.82, 2.24) is 14.8 Å². The van der Waals surface area contributed by atoms with Gasteiger partial charge in [-0.05, 0) is 31.7 Å². The van der Waals surface area contributed by atoms with E-state index in [1.54, 1.807) is 15.9 Å². The number of pyridine rings is 1. The van der Waals surface area contributed by atoms with Crippen molar-refractivity contribution >= 4 is 11.8 Å². The van der Waals surface area contributed by atoms with E-state index in [-0.39, 0.29) is 17.4 Å². The molecule has 6 heteroatoms. The van der Waals surface area contributed by atoms with Gasteiger partial charge in [0.05, 0.1) is 5.41 Å². The van der Waals surface area contributed by atoms with Gasteiger partial charge in [0.15, 0.2) is 0 Å². The highest BCUT2D eigenvalue weighted by Crippen LogP contribution is 2.40. The molecule has 124 valence electrons. The highest BCUT2D eigenvalue weighted by Gasteiger charge is 2.48. The molecule has 2 saturated heterocycles. The maximum Gasteiger partial charge on any atom is 0.254 e. The van der Waals surface area contributed by atoms with Gasteiger partial charge in [-0.15, -0.1) is 0 Å². The van der Waals surface area contributed by atoms with E-state index in [4.69, 9.17) is 0 Å². The van der Waals surface area contributed by atoms with Crippen LogP contribution in [0.3, 0.4) is 0 Å². The minimum absolute atomic E-state index is 0.149. The van der Waals surface area contributed by atoms with E-state index in [9.17, 15) is 14.4 Å². The summed E-state index contributed by atoms with van der Waals surface area (Å²) < 4.78 is 0. The fraction of sp³-hybridized carbons (Fsp3) is 0.588. The third-order valence-corrected chi connectivity index (χ3v) is 5.12. The van der Waals surface area contributed by atoms with Crippen LogP contribution in [0.1, 0.15) is 42.2 Å². The van der Waals surface area contributed by atoms with Crippen LogP contribution in [0.5, 0.6) is 0 Å². The first-order valence-corrected chi connectivity index (χ1v) is 8.23. The molecule has 3 rings (SSSR count). The molecule has 1 spiro atoms. The summed E-state index contributed by atoms with van der Waals surface area (Å²) in [5.74, 6) is 0.00269. The van der Waals surface area contributed by atoms with Crippen LogP contribution in [-0.4, -0.2) is 53.3 Å². The van der Waals surface area contributed by atoms with Crippen molar-refractivity contribution < 1.29 is 9.59 Å². The highest BCUT2D eigenvalue weighted by molar-refractivity contribution is 5.95. The van der Waals surface area contributed by atoms with Crippen LogP contribution in [0.25, 0.3) is 0 Å². The van der Waals surface area contributed by atoms with Crippen molar-refractivity contribution in [2.45, 2.75) is 32.6 Å². The van der Waals surface area contributed by atoms with E-state index < -0.39 is 5.41 Å². The standard InChI is InChI=1S/C17H23N3O3/c1-3-13-9-12(10-14(21)18-13)15(22)20-8-6-17(11-20)5-4-7-19(2)16(17)23/h9-10H,3-8,11H2,1-2H3,(H,18,21). The van der Waals surface area contributed by atoms with Gasteiger partial charge in [0.1, 0.15) is 0 Å².